The Hall–Kier alpha value is -4.40. The molecule has 3 aromatic carbocycles. The van der Waals surface area contributed by atoms with Crippen molar-refractivity contribution in [2.75, 3.05) is 33.1 Å². The minimum Gasteiger partial charge on any atom is -0.497 e. The number of benzene rings is 3. The third-order valence-corrected chi connectivity index (χ3v) is 6.02. The number of rotatable bonds is 6. The molecule has 3 aromatic rings. The summed E-state index contributed by atoms with van der Waals surface area (Å²) in [7, 11) is 4.90. The highest BCUT2D eigenvalue weighted by atomic mass is 16.5. The van der Waals surface area contributed by atoms with Crippen LogP contribution in [0.5, 0.6) is 5.75 Å². The van der Waals surface area contributed by atoms with Gasteiger partial charge in [0.1, 0.15) is 17.8 Å². The van der Waals surface area contributed by atoms with Crippen LogP contribution in [0.15, 0.2) is 60.7 Å². The molecule has 1 heterocycles. The predicted molar refractivity (Wildman–Crippen MR) is 131 cm³/mol. The van der Waals surface area contributed by atoms with E-state index < -0.39 is 29.9 Å². The number of amides is 5. The number of methoxy groups -OCH3 is 1. The second-order valence-electron chi connectivity index (χ2n) is 8.70. The van der Waals surface area contributed by atoms with Gasteiger partial charge in [0, 0.05) is 25.3 Å². The topological polar surface area (TPSA) is 108 Å². The smallest absolute Gasteiger partial charge is 0.325 e. The van der Waals surface area contributed by atoms with Crippen LogP contribution in [0, 0.1) is 0 Å². The Labute approximate surface area is 202 Å². The third-order valence-electron chi connectivity index (χ3n) is 6.02. The lowest BCUT2D eigenvalue weighted by atomic mass is 9.90. The SMILES string of the molecule is COc1ccc2cc([C@@]3(C)NC(=O)N(CC(=O)Nc4ccc(C(=O)N(C)C)cc4)C3=O)ccc2c1. The Balaban J connectivity index is 1.48. The van der Waals surface area contributed by atoms with E-state index in [4.69, 9.17) is 4.74 Å². The van der Waals surface area contributed by atoms with Crippen LogP contribution < -0.4 is 15.4 Å². The molecule has 9 nitrogen and oxygen atoms in total. The molecule has 0 saturated carbocycles. The molecule has 1 saturated heterocycles. The molecule has 1 atom stereocenters. The van der Waals surface area contributed by atoms with Gasteiger partial charge in [-0.3, -0.25) is 19.3 Å². The maximum atomic E-state index is 13.2. The Kier molecular flexibility index (Phi) is 6.17. The number of anilines is 1. The molecule has 0 aliphatic carbocycles. The lowest BCUT2D eigenvalue weighted by Crippen LogP contribution is -2.42. The van der Waals surface area contributed by atoms with Crippen molar-refractivity contribution in [2.24, 2.45) is 0 Å². The average Bonchev–Trinajstić information content (AvgIpc) is 3.07. The van der Waals surface area contributed by atoms with Crippen LogP contribution in [0.25, 0.3) is 10.8 Å². The summed E-state index contributed by atoms with van der Waals surface area (Å²) in [6.07, 6.45) is 0. The van der Waals surface area contributed by atoms with Gasteiger partial charge in [-0.1, -0.05) is 18.2 Å². The van der Waals surface area contributed by atoms with Gasteiger partial charge in [-0.2, -0.15) is 0 Å². The van der Waals surface area contributed by atoms with Crippen molar-refractivity contribution in [1.29, 1.82) is 0 Å². The van der Waals surface area contributed by atoms with Gasteiger partial charge >= 0.3 is 6.03 Å². The first-order chi connectivity index (χ1) is 16.6. The van der Waals surface area contributed by atoms with Gasteiger partial charge < -0.3 is 20.3 Å². The first-order valence-electron chi connectivity index (χ1n) is 11.0. The first kappa shape index (κ1) is 23.7. The molecule has 4 rings (SSSR count). The molecule has 0 bridgehead atoms. The molecule has 5 amide bonds. The summed E-state index contributed by atoms with van der Waals surface area (Å²) in [4.78, 5) is 52.8. The van der Waals surface area contributed by atoms with Crippen LogP contribution in [-0.2, 0) is 15.1 Å². The van der Waals surface area contributed by atoms with E-state index in [0.717, 1.165) is 21.4 Å². The van der Waals surface area contributed by atoms with Gasteiger partial charge in [0.15, 0.2) is 0 Å². The number of nitrogens with zero attached hydrogens (tertiary/aromatic N) is 2. The Morgan fingerprint density at radius 2 is 1.66 bits per heavy atom. The van der Waals surface area contributed by atoms with Gasteiger partial charge in [-0.05, 0) is 65.7 Å². The number of hydrogen-bond acceptors (Lipinski definition) is 5. The summed E-state index contributed by atoms with van der Waals surface area (Å²) in [5, 5.41) is 7.20. The second kappa shape index (κ2) is 9.09. The van der Waals surface area contributed by atoms with Gasteiger partial charge in [0.05, 0.1) is 7.11 Å². The van der Waals surface area contributed by atoms with Crippen LogP contribution in [0.1, 0.15) is 22.8 Å². The molecule has 0 radical (unpaired) electrons. The molecule has 180 valence electrons. The van der Waals surface area contributed by atoms with Gasteiger partial charge in [-0.25, -0.2) is 4.79 Å². The van der Waals surface area contributed by atoms with Crippen LogP contribution in [-0.4, -0.2) is 61.3 Å². The molecule has 9 heteroatoms. The fraction of sp³-hybridized carbons (Fsp3) is 0.231. The maximum Gasteiger partial charge on any atom is 0.325 e. The summed E-state index contributed by atoms with van der Waals surface area (Å²) in [6, 6.07) is 16.8. The van der Waals surface area contributed by atoms with Gasteiger partial charge in [0.2, 0.25) is 5.91 Å². The van der Waals surface area contributed by atoms with Crippen molar-refractivity contribution >= 4 is 40.2 Å². The summed E-state index contributed by atoms with van der Waals surface area (Å²) >= 11 is 0. The van der Waals surface area contributed by atoms with E-state index in [9.17, 15) is 19.2 Å². The number of ether oxygens (including phenoxy) is 1. The summed E-state index contributed by atoms with van der Waals surface area (Å²) in [5.41, 5.74) is 0.231. The molecular weight excluding hydrogens is 448 g/mol. The van der Waals surface area contributed by atoms with Crippen LogP contribution in [0.2, 0.25) is 0 Å². The highest BCUT2D eigenvalue weighted by Gasteiger charge is 2.49. The van der Waals surface area contributed by atoms with E-state index in [0.29, 0.717) is 16.8 Å². The zero-order valence-corrected chi connectivity index (χ0v) is 19.9. The Bertz CT molecular complexity index is 1340. The third kappa shape index (κ3) is 4.52. The quantitative estimate of drug-likeness (QED) is 0.534. The largest absolute Gasteiger partial charge is 0.497 e. The molecule has 0 spiro atoms. The molecule has 35 heavy (non-hydrogen) atoms. The van der Waals surface area contributed by atoms with Crippen LogP contribution in [0.3, 0.4) is 0 Å². The number of carbonyl (C=O) groups excluding carboxylic acids is 4. The van der Waals surface area contributed by atoms with Crippen molar-refractivity contribution in [3.63, 3.8) is 0 Å². The minimum absolute atomic E-state index is 0.158. The zero-order chi connectivity index (χ0) is 25.3. The second-order valence-corrected chi connectivity index (χ2v) is 8.70. The molecule has 0 unspecified atom stereocenters. The average molecular weight is 475 g/mol. The molecule has 0 aromatic heterocycles. The lowest BCUT2D eigenvalue weighted by molar-refractivity contribution is -0.133. The van der Waals surface area contributed by atoms with Crippen LogP contribution in [0.4, 0.5) is 10.5 Å². The molecule has 1 fully saturated rings. The lowest BCUT2D eigenvalue weighted by Gasteiger charge is -2.22. The number of imide groups is 1. The molecule has 2 N–H and O–H groups in total. The molecular formula is C26H26N4O5. The van der Waals surface area contributed by atoms with E-state index >= 15 is 0 Å². The Morgan fingerprint density at radius 3 is 2.31 bits per heavy atom. The van der Waals surface area contributed by atoms with Crippen LogP contribution >= 0.6 is 0 Å². The standard InChI is InChI=1S/C26H26N4O5/c1-26(19-9-5-18-14-21(35-4)12-8-17(18)13-19)24(33)30(25(34)28-26)15-22(31)27-20-10-6-16(7-11-20)23(32)29(2)3/h5-14H,15H2,1-4H3,(H,27,31)(H,28,34)/t26-/m1/s1. The molecule has 1 aliphatic heterocycles. The summed E-state index contributed by atoms with van der Waals surface area (Å²) in [6.45, 7) is 1.18. The zero-order valence-electron chi connectivity index (χ0n) is 19.9. The minimum atomic E-state index is -1.31. The van der Waals surface area contributed by atoms with Crippen molar-refractivity contribution < 1.29 is 23.9 Å². The van der Waals surface area contributed by atoms with Crippen molar-refractivity contribution in [2.45, 2.75) is 12.5 Å². The summed E-state index contributed by atoms with van der Waals surface area (Å²) < 4.78 is 5.25. The molecule has 1 aliphatic rings. The van der Waals surface area contributed by atoms with E-state index in [1.54, 1.807) is 58.5 Å². The number of carbonyl (C=O) groups is 4. The van der Waals surface area contributed by atoms with E-state index in [1.807, 2.05) is 30.3 Å². The summed E-state index contributed by atoms with van der Waals surface area (Å²) in [5.74, 6) is -0.486. The van der Waals surface area contributed by atoms with E-state index in [2.05, 4.69) is 10.6 Å². The number of nitrogens with one attached hydrogen (secondary N) is 2. The highest BCUT2D eigenvalue weighted by molar-refractivity contribution is 6.10. The maximum absolute atomic E-state index is 13.2. The monoisotopic (exact) mass is 474 g/mol. The van der Waals surface area contributed by atoms with E-state index in [-0.39, 0.29) is 5.91 Å². The van der Waals surface area contributed by atoms with Gasteiger partial charge in [0.25, 0.3) is 11.8 Å². The van der Waals surface area contributed by atoms with Gasteiger partial charge in [-0.15, -0.1) is 0 Å². The first-order valence-corrected chi connectivity index (χ1v) is 11.0. The van der Waals surface area contributed by atoms with E-state index in [1.165, 1.54) is 4.90 Å². The van der Waals surface area contributed by atoms with Crippen molar-refractivity contribution in [3.8, 4) is 5.75 Å². The number of hydrogen-bond donors (Lipinski definition) is 2. The number of urea groups is 1. The fourth-order valence-corrected chi connectivity index (χ4v) is 4.00. The fourth-order valence-electron chi connectivity index (χ4n) is 4.00. The number of fused-ring (bicyclic) bond motifs is 1. The van der Waals surface area contributed by atoms with Crippen molar-refractivity contribution in [3.05, 3.63) is 71.8 Å². The Morgan fingerprint density at radius 1 is 1.00 bits per heavy atom. The normalized spacial score (nSPS) is 17.3. The van der Waals surface area contributed by atoms with Crippen molar-refractivity contribution in [1.82, 2.24) is 15.1 Å². The highest BCUT2D eigenvalue weighted by Crippen LogP contribution is 2.32. The predicted octanol–water partition coefficient (Wildman–Crippen LogP) is 2.96.